The number of para-hydroxylation sites is 1. The van der Waals surface area contributed by atoms with Crippen molar-refractivity contribution in [2.75, 3.05) is 6.61 Å². The molecule has 0 aromatic heterocycles. The predicted octanol–water partition coefficient (Wildman–Crippen LogP) is 6.68. The lowest BCUT2D eigenvalue weighted by atomic mass is 9.46. The number of carbonyl (C=O) groups excluding carboxylic acids is 2. The van der Waals surface area contributed by atoms with E-state index in [-0.39, 0.29) is 23.4 Å². The summed E-state index contributed by atoms with van der Waals surface area (Å²) in [4.78, 5) is 25.2. The van der Waals surface area contributed by atoms with Gasteiger partial charge in [0.15, 0.2) is 12.4 Å². The van der Waals surface area contributed by atoms with E-state index in [9.17, 15) is 9.59 Å². The molecule has 3 saturated carbocycles. The van der Waals surface area contributed by atoms with Crippen molar-refractivity contribution < 1.29 is 19.1 Å². The van der Waals surface area contributed by atoms with E-state index in [2.05, 4.69) is 20.8 Å². The normalized spacial score (nSPS) is 38.9. The Morgan fingerprint density at radius 2 is 1.76 bits per heavy atom. The molecule has 1 unspecified atom stereocenters. The summed E-state index contributed by atoms with van der Waals surface area (Å²) >= 11 is 0. The Morgan fingerprint density at radius 3 is 2.53 bits per heavy atom. The van der Waals surface area contributed by atoms with Gasteiger partial charge >= 0.3 is 5.97 Å². The van der Waals surface area contributed by atoms with Gasteiger partial charge in [0.1, 0.15) is 11.4 Å². The Bertz CT molecular complexity index is 967. The molecule has 5 rings (SSSR count). The lowest BCUT2D eigenvalue weighted by Gasteiger charge is -2.59. The Morgan fingerprint density at radius 1 is 1.00 bits per heavy atom. The zero-order valence-corrected chi connectivity index (χ0v) is 21.1. The van der Waals surface area contributed by atoms with Crippen molar-refractivity contribution in [3.63, 3.8) is 0 Å². The van der Waals surface area contributed by atoms with Crippen molar-refractivity contribution in [3.05, 3.63) is 42.0 Å². The third kappa shape index (κ3) is 3.72. The fraction of sp³-hybridized carbons (Fsp3) is 0.667. The standard InChI is InChI=1S/C30H40O4/c1-4-15-30(34-27(32)20-33-23-8-6-5-7-9-23)18-14-26-24-11-10-21-19-22(31)12-16-28(21,2)25(24)13-17-29(26,30)3/h5-9,19,24-26H,4,10-18,20H2,1-3H3/t24-,25-,26+,28+,29+,30?/m1/s1. The van der Waals surface area contributed by atoms with Crippen molar-refractivity contribution in [2.24, 2.45) is 28.6 Å². The first-order valence-corrected chi connectivity index (χ1v) is 13.4. The van der Waals surface area contributed by atoms with Crippen molar-refractivity contribution in [2.45, 2.75) is 90.6 Å². The third-order valence-corrected chi connectivity index (χ3v) is 10.3. The van der Waals surface area contributed by atoms with Crippen LogP contribution in [-0.2, 0) is 14.3 Å². The monoisotopic (exact) mass is 464 g/mol. The number of hydrogen-bond donors (Lipinski definition) is 0. The van der Waals surface area contributed by atoms with Gasteiger partial charge in [0.25, 0.3) is 0 Å². The van der Waals surface area contributed by atoms with Crippen LogP contribution < -0.4 is 4.74 Å². The van der Waals surface area contributed by atoms with Crippen LogP contribution in [0.1, 0.15) is 85.0 Å². The molecule has 184 valence electrons. The zero-order valence-electron chi connectivity index (χ0n) is 21.1. The van der Waals surface area contributed by atoms with E-state index in [1.54, 1.807) is 0 Å². The van der Waals surface area contributed by atoms with Crippen molar-refractivity contribution in [3.8, 4) is 5.75 Å². The van der Waals surface area contributed by atoms with Gasteiger partial charge in [0.05, 0.1) is 0 Å². The van der Waals surface area contributed by atoms with Gasteiger partial charge in [-0.2, -0.15) is 0 Å². The van der Waals surface area contributed by atoms with Crippen LogP contribution in [0.5, 0.6) is 5.75 Å². The number of carbonyl (C=O) groups is 2. The first-order chi connectivity index (χ1) is 16.3. The minimum Gasteiger partial charge on any atom is -0.482 e. The molecule has 3 fully saturated rings. The molecular formula is C30H40O4. The number of esters is 1. The minimum atomic E-state index is -0.395. The molecule has 0 saturated heterocycles. The van der Waals surface area contributed by atoms with E-state index in [1.165, 1.54) is 18.4 Å². The largest absolute Gasteiger partial charge is 0.482 e. The average molecular weight is 465 g/mol. The van der Waals surface area contributed by atoms with Crippen LogP contribution in [0, 0.1) is 28.6 Å². The van der Waals surface area contributed by atoms with Gasteiger partial charge in [-0.3, -0.25) is 4.79 Å². The molecule has 1 aromatic carbocycles. The smallest absolute Gasteiger partial charge is 0.344 e. The Balaban J connectivity index is 1.35. The molecule has 0 spiro atoms. The number of fused-ring (bicyclic) bond motifs is 5. The van der Waals surface area contributed by atoms with Crippen LogP contribution in [-0.4, -0.2) is 24.0 Å². The summed E-state index contributed by atoms with van der Waals surface area (Å²) in [5.41, 5.74) is 1.20. The summed E-state index contributed by atoms with van der Waals surface area (Å²) < 4.78 is 12.2. The van der Waals surface area contributed by atoms with E-state index in [1.807, 2.05) is 36.4 Å². The van der Waals surface area contributed by atoms with Crippen molar-refractivity contribution in [1.29, 1.82) is 0 Å². The first kappa shape index (κ1) is 23.6. The number of benzene rings is 1. The number of ether oxygens (including phenoxy) is 2. The molecule has 0 radical (unpaired) electrons. The van der Waals surface area contributed by atoms with Gasteiger partial charge in [-0.25, -0.2) is 4.79 Å². The second-order valence-corrected chi connectivity index (χ2v) is 11.8. The predicted molar refractivity (Wildman–Crippen MR) is 132 cm³/mol. The molecule has 0 amide bonds. The fourth-order valence-electron chi connectivity index (χ4n) is 8.59. The summed E-state index contributed by atoms with van der Waals surface area (Å²) in [6, 6.07) is 9.50. The van der Waals surface area contributed by atoms with Gasteiger partial charge in [-0.05, 0) is 92.7 Å². The summed E-state index contributed by atoms with van der Waals surface area (Å²) in [6.45, 7) is 7.01. The van der Waals surface area contributed by atoms with Gasteiger partial charge in [0, 0.05) is 11.8 Å². The van der Waals surface area contributed by atoms with Gasteiger partial charge in [-0.15, -0.1) is 0 Å². The van der Waals surface area contributed by atoms with Crippen molar-refractivity contribution >= 4 is 11.8 Å². The molecule has 4 nitrogen and oxygen atoms in total. The summed E-state index contributed by atoms with van der Waals surface area (Å²) in [5.74, 6) is 2.66. The van der Waals surface area contributed by atoms with Crippen LogP contribution in [0.2, 0.25) is 0 Å². The highest BCUT2D eigenvalue weighted by molar-refractivity contribution is 5.91. The van der Waals surface area contributed by atoms with Crippen LogP contribution >= 0.6 is 0 Å². The number of rotatable bonds is 6. The third-order valence-electron chi connectivity index (χ3n) is 10.3. The highest BCUT2D eigenvalue weighted by Crippen LogP contribution is 2.69. The zero-order chi connectivity index (χ0) is 24.0. The van der Waals surface area contributed by atoms with Gasteiger partial charge in [-0.1, -0.05) is 51.0 Å². The quantitative estimate of drug-likeness (QED) is 0.441. The van der Waals surface area contributed by atoms with Crippen LogP contribution in [0.4, 0.5) is 0 Å². The first-order valence-electron chi connectivity index (χ1n) is 13.4. The molecule has 6 atom stereocenters. The lowest BCUT2D eigenvalue weighted by molar-refractivity contribution is -0.188. The Labute approximate surface area is 204 Å². The molecule has 0 heterocycles. The average Bonchev–Trinajstić information content (AvgIpc) is 3.11. The summed E-state index contributed by atoms with van der Waals surface area (Å²) in [6.07, 6.45) is 12.2. The van der Waals surface area contributed by atoms with E-state index in [4.69, 9.17) is 9.47 Å². The van der Waals surface area contributed by atoms with E-state index in [0.29, 0.717) is 35.7 Å². The topological polar surface area (TPSA) is 52.6 Å². The van der Waals surface area contributed by atoms with Crippen LogP contribution in [0.3, 0.4) is 0 Å². The van der Waals surface area contributed by atoms with E-state index in [0.717, 1.165) is 44.9 Å². The highest BCUT2D eigenvalue weighted by Gasteiger charge is 2.65. The van der Waals surface area contributed by atoms with Crippen LogP contribution in [0.15, 0.2) is 42.0 Å². The summed E-state index contributed by atoms with van der Waals surface area (Å²) in [7, 11) is 0. The molecule has 4 aliphatic rings. The Kier molecular flexibility index (Phi) is 6.14. The van der Waals surface area contributed by atoms with Gasteiger partial charge < -0.3 is 9.47 Å². The number of hydrogen-bond acceptors (Lipinski definition) is 4. The second-order valence-electron chi connectivity index (χ2n) is 11.8. The SMILES string of the molecule is CCCC1(OC(=O)COc2ccccc2)CC[C@H]2[C@@H]3CCC4=CC(=O)CC[C@]4(C)[C@@H]3CC[C@@]21C. The van der Waals surface area contributed by atoms with Crippen molar-refractivity contribution in [1.82, 2.24) is 0 Å². The fourth-order valence-corrected chi connectivity index (χ4v) is 8.59. The maximum Gasteiger partial charge on any atom is 0.344 e. The molecule has 4 heteroatoms. The lowest BCUT2D eigenvalue weighted by Crippen LogP contribution is -2.56. The van der Waals surface area contributed by atoms with E-state index >= 15 is 0 Å². The maximum absolute atomic E-state index is 13.0. The minimum absolute atomic E-state index is 0.00858. The van der Waals surface area contributed by atoms with E-state index < -0.39 is 5.60 Å². The number of ketones is 1. The molecule has 4 aliphatic carbocycles. The highest BCUT2D eigenvalue weighted by atomic mass is 16.6. The second kappa shape index (κ2) is 8.84. The maximum atomic E-state index is 13.0. The molecule has 0 N–H and O–H groups in total. The molecule has 1 aromatic rings. The molecule has 0 bridgehead atoms. The molecular weight excluding hydrogens is 424 g/mol. The van der Waals surface area contributed by atoms with Gasteiger partial charge in [0.2, 0.25) is 0 Å². The molecule has 34 heavy (non-hydrogen) atoms. The summed E-state index contributed by atoms with van der Waals surface area (Å²) in [5, 5.41) is 0. The van der Waals surface area contributed by atoms with Crippen LogP contribution in [0.25, 0.3) is 0 Å². The molecule has 0 aliphatic heterocycles. The Hall–Kier alpha value is -2.10. The number of allylic oxidation sites excluding steroid dienone is 1.